The van der Waals surface area contributed by atoms with Crippen molar-refractivity contribution in [1.29, 1.82) is 0 Å². The fourth-order valence-electron chi connectivity index (χ4n) is 0.960. The molecule has 2 nitrogen and oxygen atoms in total. The lowest BCUT2D eigenvalue weighted by Gasteiger charge is -2.08. The summed E-state index contributed by atoms with van der Waals surface area (Å²) < 4.78 is 11.6. The first-order chi connectivity index (χ1) is 5.70. The second-order valence-corrected chi connectivity index (χ2v) is 4.54. The van der Waals surface area contributed by atoms with E-state index in [1.165, 1.54) is 0 Å². The number of nitrogens with zero attached hydrogens (tertiary/aromatic N) is 1. The van der Waals surface area contributed by atoms with Crippen LogP contribution in [0.5, 0.6) is 0 Å². The van der Waals surface area contributed by atoms with Crippen LogP contribution < -0.4 is 5.30 Å². The van der Waals surface area contributed by atoms with Crippen LogP contribution >= 0.6 is 7.80 Å². The molecule has 3 heteroatoms. The molecule has 0 bridgehead atoms. The Hall–Kier alpha value is -0.590. The summed E-state index contributed by atoms with van der Waals surface area (Å²) in [7, 11) is 3.83. The predicted molar refractivity (Wildman–Crippen MR) is 53.1 cm³/mol. The van der Waals surface area contributed by atoms with Gasteiger partial charge in [-0.1, -0.05) is 30.3 Å². The zero-order valence-electron chi connectivity index (χ0n) is 7.16. The highest BCUT2D eigenvalue weighted by atomic mass is 31.1. The van der Waals surface area contributed by atoms with Gasteiger partial charge in [-0.05, 0) is 7.05 Å². The fraction of sp³-hybridized carbons (Fsp3) is 0.222. The maximum Gasteiger partial charge on any atom is 0.117 e. The standard InChI is InChI=1S/C9H13NOP/c1-10(2)8-12(11)9-6-4-3-5-7-9/h3-7,12H,1,8H2,2H3. The SMILES string of the molecule is [CH2]N(C)C[PH](=O)c1ccccc1. The molecular formula is C9H13NOP. The van der Waals surface area contributed by atoms with Crippen LogP contribution in [0.3, 0.4) is 0 Å². The lowest BCUT2D eigenvalue weighted by atomic mass is 10.4. The van der Waals surface area contributed by atoms with Crippen LogP contribution in [-0.2, 0) is 4.57 Å². The maximum absolute atomic E-state index is 11.6. The summed E-state index contributed by atoms with van der Waals surface area (Å²) in [6, 6.07) is 9.52. The quantitative estimate of drug-likeness (QED) is 0.661. The van der Waals surface area contributed by atoms with E-state index in [1.807, 2.05) is 37.4 Å². The molecule has 1 atom stereocenters. The largest absolute Gasteiger partial charge is 0.321 e. The molecule has 65 valence electrons. The Kier molecular flexibility index (Phi) is 3.51. The second kappa shape index (κ2) is 4.44. The number of rotatable bonds is 3. The molecule has 0 fully saturated rings. The van der Waals surface area contributed by atoms with Crippen molar-refractivity contribution in [1.82, 2.24) is 4.90 Å². The smallest absolute Gasteiger partial charge is 0.117 e. The molecule has 0 aliphatic carbocycles. The van der Waals surface area contributed by atoms with Crippen LogP contribution in [0.1, 0.15) is 0 Å². The van der Waals surface area contributed by atoms with Gasteiger partial charge in [-0.15, -0.1) is 0 Å². The highest BCUT2D eigenvalue weighted by Gasteiger charge is 2.02. The second-order valence-electron chi connectivity index (χ2n) is 2.80. The van der Waals surface area contributed by atoms with Crippen LogP contribution in [0, 0.1) is 7.05 Å². The van der Waals surface area contributed by atoms with Crippen LogP contribution in [0.4, 0.5) is 0 Å². The first-order valence-corrected chi connectivity index (χ1v) is 5.41. The minimum atomic E-state index is -1.65. The molecule has 0 saturated heterocycles. The Labute approximate surface area is 74.0 Å². The molecule has 0 N–H and O–H groups in total. The van der Waals surface area contributed by atoms with Crippen LogP contribution in [-0.4, -0.2) is 18.2 Å². The molecule has 0 amide bonds. The van der Waals surface area contributed by atoms with Gasteiger partial charge in [-0.2, -0.15) is 0 Å². The van der Waals surface area contributed by atoms with Gasteiger partial charge in [0, 0.05) is 12.4 Å². The van der Waals surface area contributed by atoms with Crippen molar-refractivity contribution in [3.8, 4) is 0 Å². The maximum atomic E-state index is 11.6. The summed E-state index contributed by atoms with van der Waals surface area (Å²) in [5.41, 5.74) is 0. The molecular weight excluding hydrogens is 169 g/mol. The van der Waals surface area contributed by atoms with Gasteiger partial charge < -0.3 is 4.57 Å². The van der Waals surface area contributed by atoms with Crippen LogP contribution in [0.25, 0.3) is 0 Å². The minimum Gasteiger partial charge on any atom is -0.321 e. The Morgan fingerprint density at radius 1 is 1.42 bits per heavy atom. The molecule has 1 unspecified atom stereocenters. The van der Waals surface area contributed by atoms with Crippen molar-refractivity contribution in [2.24, 2.45) is 0 Å². The van der Waals surface area contributed by atoms with E-state index < -0.39 is 7.80 Å². The molecule has 0 heterocycles. The zero-order chi connectivity index (χ0) is 8.97. The molecule has 0 aromatic heterocycles. The summed E-state index contributed by atoms with van der Waals surface area (Å²) in [6.07, 6.45) is 0.550. The van der Waals surface area contributed by atoms with E-state index in [0.717, 1.165) is 5.30 Å². The van der Waals surface area contributed by atoms with E-state index in [9.17, 15) is 4.57 Å². The molecule has 0 spiro atoms. The van der Waals surface area contributed by atoms with E-state index in [1.54, 1.807) is 4.90 Å². The van der Waals surface area contributed by atoms with E-state index in [0.29, 0.717) is 6.29 Å². The molecule has 1 aromatic rings. The van der Waals surface area contributed by atoms with Gasteiger partial charge >= 0.3 is 0 Å². The van der Waals surface area contributed by atoms with Gasteiger partial charge in [0.15, 0.2) is 0 Å². The summed E-state index contributed by atoms with van der Waals surface area (Å²) in [6.45, 7) is 0. The third-order valence-electron chi connectivity index (χ3n) is 1.51. The molecule has 0 aliphatic rings. The first kappa shape index (κ1) is 9.50. The Balaban J connectivity index is 2.66. The van der Waals surface area contributed by atoms with Crippen molar-refractivity contribution in [2.75, 3.05) is 13.3 Å². The van der Waals surface area contributed by atoms with E-state index in [2.05, 4.69) is 7.05 Å². The van der Waals surface area contributed by atoms with Crippen molar-refractivity contribution in [3.05, 3.63) is 37.4 Å². The van der Waals surface area contributed by atoms with Crippen LogP contribution in [0.2, 0.25) is 0 Å². The zero-order valence-corrected chi connectivity index (χ0v) is 8.16. The average Bonchev–Trinajstić information content (AvgIpc) is 2.05. The third kappa shape index (κ3) is 2.80. The normalized spacial score (nSPS) is 13.2. The molecule has 1 rings (SSSR count). The summed E-state index contributed by atoms with van der Waals surface area (Å²) in [5, 5.41) is 0.929. The lowest BCUT2D eigenvalue weighted by molar-refractivity contribution is 0.511. The van der Waals surface area contributed by atoms with Gasteiger partial charge in [0.2, 0.25) is 0 Å². The Bertz CT molecular complexity index is 258. The molecule has 1 aromatic carbocycles. The summed E-state index contributed by atoms with van der Waals surface area (Å²) >= 11 is 0. The molecule has 12 heavy (non-hydrogen) atoms. The van der Waals surface area contributed by atoms with Gasteiger partial charge in [-0.3, -0.25) is 4.90 Å². The first-order valence-electron chi connectivity index (χ1n) is 3.80. The summed E-state index contributed by atoms with van der Waals surface area (Å²) in [5.74, 6) is 0. The predicted octanol–water partition coefficient (Wildman–Crippen LogP) is 1.55. The monoisotopic (exact) mass is 182 g/mol. The highest BCUT2D eigenvalue weighted by molar-refractivity contribution is 7.53. The van der Waals surface area contributed by atoms with Crippen molar-refractivity contribution in [3.63, 3.8) is 0 Å². The topological polar surface area (TPSA) is 20.3 Å². The number of benzene rings is 1. The number of hydrogen-bond donors (Lipinski definition) is 0. The van der Waals surface area contributed by atoms with Crippen molar-refractivity contribution < 1.29 is 4.57 Å². The molecule has 0 aliphatic heterocycles. The van der Waals surface area contributed by atoms with E-state index in [4.69, 9.17) is 0 Å². The Morgan fingerprint density at radius 3 is 2.50 bits per heavy atom. The van der Waals surface area contributed by atoms with Crippen molar-refractivity contribution in [2.45, 2.75) is 0 Å². The van der Waals surface area contributed by atoms with Gasteiger partial charge in [0.1, 0.15) is 7.80 Å². The lowest BCUT2D eigenvalue weighted by Crippen LogP contribution is -2.10. The van der Waals surface area contributed by atoms with Gasteiger partial charge in [0.05, 0.1) is 6.29 Å². The van der Waals surface area contributed by atoms with E-state index >= 15 is 0 Å². The van der Waals surface area contributed by atoms with Crippen LogP contribution in [0.15, 0.2) is 30.3 Å². The Morgan fingerprint density at radius 2 is 2.00 bits per heavy atom. The van der Waals surface area contributed by atoms with Gasteiger partial charge in [0.25, 0.3) is 0 Å². The molecule has 0 saturated carbocycles. The average molecular weight is 182 g/mol. The van der Waals surface area contributed by atoms with Crippen molar-refractivity contribution >= 4 is 13.1 Å². The fourth-order valence-corrected chi connectivity index (χ4v) is 2.20. The molecule has 1 radical (unpaired) electrons. The number of hydrogen-bond acceptors (Lipinski definition) is 2. The summed E-state index contributed by atoms with van der Waals surface area (Å²) in [4.78, 5) is 1.70. The minimum absolute atomic E-state index is 0.550. The van der Waals surface area contributed by atoms with E-state index in [-0.39, 0.29) is 0 Å². The highest BCUT2D eigenvalue weighted by Crippen LogP contribution is 2.19. The third-order valence-corrected chi connectivity index (χ3v) is 3.31. The van der Waals surface area contributed by atoms with Gasteiger partial charge in [-0.25, -0.2) is 0 Å².